The van der Waals surface area contributed by atoms with Gasteiger partial charge >= 0.3 is 0 Å². The lowest BCUT2D eigenvalue weighted by Crippen LogP contribution is -2.42. The van der Waals surface area contributed by atoms with Crippen molar-refractivity contribution in [3.05, 3.63) is 17.5 Å². The minimum absolute atomic E-state index is 0. The van der Waals surface area contributed by atoms with E-state index in [0.717, 1.165) is 44.3 Å². The Hall–Kier alpha value is -0.830. The van der Waals surface area contributed by atoms with Crippen LogP contribution in [0.15, 0.2) is 11.1 Å². The SMILES string of the molecule is CN=C(NCCCn1nc(C)cc1C)NCCN1CCCCCC1.I. The van der Waals surface area contributed by atoms with Crippen LogP contribution in [0, 0.1) is 13.8 Å². The summed E-state index contributed by atoms with van der Waals surface area (Å²) >= 11 is 0. The Morgan fingerprint density at radius 3 is 2.36 bits per heavy atom. The van der Waals surface area contributed by atoms with Gasteiger partial charge in [0.1, 0.15) is 0 Å². The van der Waals surface area contributed by atoms with Crippen LogP contribution in [0.2, 0.25) is 0 Å². The molecule has 1 saturated heterocycles. The van der Waals surface area contributed by atoms with Gasteiger partial charge in [0.2, 0.25) is 0 Å². The van der Waals surface area contributed by atoms with E-state index in [2.05, 4.69) is 43.3 Å². The number of hydrogen-bond donors (Lipinski definition) is 2. The largest absolute Gasteiger partial charge is 0.356 e. The number of rotatable bonds is 7. The predicted octanol–water partition coefficient (Wildman–Crippen LogP) is 2.55. The molecule has 0 radical (unpaired) electrons. The Labute approximate surface area is 169 Å². The molecule has 0 aliphatic carbocycles. The zero-order valence-electron chi connectivity index (χ0n) is 16.1. The summed E-state index contributed by atoms with van der Waals surface area (Å²) in [5, 5.41) is 11.3. The molecule has 1 fully saturated rings. The van der Waals surface area contributed by atoms with Crippen LogP contribution >= 0.6 is 24.0 Å². The van der Waals surface area contributed by atoms with Crippen LogP contribution in [0.4, 0.5) is 0 Å². The summed E-state index contributed by atoms with van der Waals surface area (Å²) in [5.74, 6) is 0.901. The van der Waals surface area contributed by atoms with Crippen LogP contribution in [-0.4, -0.2) is 60.4 Å². The van der Waals surface area contributed by atoms with Gasteiger partial charge in [-0.15, -0.1) is 24.0 Å². The fraction of sp³-hybridized carbons (Fsp3) is 0.778. The molecule has 0 bridgehead atoms. The van der Waals surface area contributed by atoms with Gasteiger partial charge in [0.15, 0.2) is 5.96 Å². The first-order valence-electron chi connectivity index (χ1n) is 9.37. The second-order valence-corrected chi connectivity index (χ2v) is 6.69. The van der Waals surface area contributed by atoms with Crippen molar-refractivity contribution in [3.8, 4) is 0 Å². The van der Waals surface area contributed by atoms with E-state index < -0.39 is 0 Å². The first kappa shape index (κ1) is 22.2. The highest BCUT2D eigenvalue weighted by atomic mass is 127. The lowest BCUT2D eigenvalue weighted by molar-refractivity contribution is 0.289. The van der Waals surface area contributed by atoms with Crippen molar-refractivity contribution in [2.45, 2.75) is 52.5 Å². The third-order valence-electron chi connectivity index (χ3n) is 4.59. The molecule has 0 atom stereocenters. The molecular formula is C18H35IN6. The molecule has 7 heteroatoms. The molecule has 2 N–H and O–H groups in total. The molecule has 0 amide bonds. The zero-order chi connectivity index (χ0) is 17.2. The van der Waals surface area contributed by atoms with Crippen molar-refractivity contribution in [2.75, 3.05) is 39.8 Å². The number of guanidine groups is 1. The highest BCUT2D eigenvalue weighted by Gasteiger charge is 2.08. The van der Waals surface area contributed by atoms with Gasteiger partial charge in [0.05, 0.1) is 5.69 Å². The van der Waals surface area contributed by atoms with Crippen LogP contribution in [0.1, 0.15) is 43.5 Å². The lowest BCUT2D eigenvalue weighted by Gasteiger charge is -2.20. The molecule has 0 aromatic carbocycles. The smallest absolute Gasteiger partial charge is 0.191 e. The van der Waals surface area contributed by atoms with Crippen molar-refractivity contribution >= 4 is 29.9 Å². The van der Waals surface area contributed by atoms with E-state index in [0.29, 0.717) is 0 Å². The normalized spacial score (nSPS) is 16.2. The number of nitrogens with zero attached hydrogens (tertiary/aromatic N) is 4. The first-order chi connectivity index (χ1) is 11.7. The van der Waals surface area contributed by atoms with E-state index in [1.807, 2.05) is 14.0 Å². The number of aryl methyl sites for hydroxylation is 3. The fourth-order valence-corrected chi connectivity index (χ4v) is 3.25. The number of halogens is 1. The molecule has 1 aromatic rings. The van der Waals surface area contributed by atoms with Gasteiger partial charge in [-0.25, -0.2) is 0 Å². The van der Waals surface area contributed by atoms with E-state index in [1.54, 1.807) is 0 Å². The minimum Gasteiger partial charge on any atom is -0.356 e. The molecule has 2 rings (SSSR count). The van der Waals surface area contributed by atoms with Crippen LogP contribution in [0.3, 0.4) is 0 Å². The lowest BCUT2D eigenvalue weighted by atomic mass is 10.2. The minimum atomic E-state index is 0. The number of likely N-dealkylation sites (tertiary alicyclic amines) is 1. The maximum Gasteiger partial charge on any atom is 0.191 e. The van der Waals surface area contributed by atoms with E-state index in [1.165, 1.54) is 44.5 Å². The molecule has 0 unspecified atom stereocenters. The van der Waals surface area contributed by atoms with Crippen LogP contribution in [-0.2, 0) is 6.54 Å². The summed E-state index contributed by atoms with van der Waals surface area (Å²) in [7, 11) is 1.84. The van der Waals surface area contributed by atoms with E-state index >= 15 is 0 Å². The number of aliphatic imine (C=N–C) groups is 1. The molecule has 144 valence electrons. The highest BCUT2D eigenvalue weighted by molar-refractivity contribution is 14.0. The molecule has 1 aliphatic heterocycles. The summed E-state index contributed by atoms with van der Waals surface area (Å²) in [4.78, 5) is 6.87. The molecule has 1 aromatic heterocycles. The Morgan fingerprint density at radius 1 is 1.08 bits per heavy atom. The molecule has 0 spiro atoms. The Kier molecular flexibility index (Phi) is 11.1. The second kappa shape index (κ2) is 12.5. The van der Waals surface area contributed by atoms with Gasteiger partial charge in [0.25, 0.3) is 0 Å². The third-order valence-corrected chi connectivity index (χ3v) is 4.59. The summed E-state index contributed by atoms with van der Waals surface area (Å²) in [6, 6.07) is 2.12. The van der Waals surface area contributed by atoms with Crippen LogP contribution in [0.5, 0.6) is 0 Å². The molecular weight excluding hydrogens is 427 g/mol. The van der Waals surface area contributed by atoms with Gasteiger partial charge < -0.3 is 15.5 Å². The van der Waals surface area contributed by atoms with Crippen molar-refractivity contribution in [1.29, 1.82) is 0 Å². The van der Waals surface area contributed by atoms with Crippen molar-refractivity contribution in [1.82, 2.24) is 25.3 Å². The van der Waals surface area contributed by atoms with E-state index in [-0.39, 0.29) is 24.0 Å². The molecule has 0 saturated carbocycles. The van der Waals surface area contributed by atoms with E-state index in [4.69, 9.17) is 0 Å². The van der Waals surface area contributed by atoms with Crippen molar-refractivity contribution in [2.24, 2.45) is 4.99 Å². The quantitative estimate of drug-likeness (QED) is 0.283. The maximum absolute atomic E-state index is 4.49. The Bertz CT molecular complexity index is 506. The van der Waals surface area contributed by atoms with Crippen LogP contribution in [0.25, 0.3) is 0 Å². The summed E-state index contributed by atoms with van der Waals surface area (Å²) in [5.41, 5.74) is 2.32. The van der Waals surface area contributed by atoms with Gasteiger partial charge in [-0.1, -0.05) is 12.8 Å². The van der Waals surface area contributed by atoms with E-state index in [9.17, 15) is 0 Å². The average Bonchev–Trinajstić information content (AvgIpc) is 2.77. The number of hydrogen-bond acceptors (Lipinski definition) is 3. The monoisotopic (exact) mass is 462 g/mol. The van der Waals surface area contributed by atoms with Gasteiger partial charge in [0, 0.05) is 38.9 Å². The number of aromatic nitrogens is 2. The maximum atomic E-state index is 4.49. The summed E-state index contributed by atoms with van der Waals surface area (Å²) in [6.07, 6.45) is 6.51. The van der Waals surface area contributed by atoms with Gasteiger partial charge in [-0.05, 0) is 52.3 Å². The standard InChI is InChI=1S/C18H34N6.HI/c1-16-15-17(2)24(22-16)13-8-9-20-18(19-3)21-10-14-23-11-6-4-5-7-12-23;/h15H,4-14H2,1-3H3,(H2,19,20,21);1H. The summed E-state index contributed by atoms with van der Waals surface area (Å²) < 4.78 is 2.08. The Morgan fingerprint density at radius 2 is 1.76 bits per heavy atom. The molecule has 1 aliphatic rings. The predicted molar refractivity (Wildman–Crippen MR) is 116 cm³/mol. The highest BCUT2D eigenvalue weighted by Crippen LogP contribution is 2.08. The second-order valence-electron chi connectivity index (χ2n) is 6.69. The van der Waals surface area contributed by atoms with Crippen molar-refractivity contribution in [3.63, 3.8) is 0 Å². The van der Waals surface area contributed by atoms with Crippen molar-refractivity contribution < 1.29 is 0 Å². The van der Waals surface area contributed by atoms with Gasteiger partial charge in [-0.3, -0.25) is 9.67 Å². The van der Waals surface area contributed by atoms with Crippen LogP contribution < -0.4 is 10.6 Å². The Balaban J connectivity index is 0.00000312. The molecule has 2 heterocycles. The molecule has 25 heavy (non-hydrogen) atoms. The topological polar surface area (TPSA) is 57.5 Å². The third kappa shape index (κ3) is 8.40. The first-order valence-corrected chi connectivity index (χ1v) is 9.37. The molecule has 6 nitrogen and oxygen atoms in total. The fourth-order valence-electron chi connectivity index (χ4n) is 3.25. The summed E-state index contributed by atoms with van der Waals surface area (Å²) in [6.45, 7) is 10.5. The average molecular weight is 462 g/mol. The zero-order valence-corrected chi connectivity index (χ0v) is 18.4. The van der Waals surface area contributed by atoms with Gasteiger partial charge in [-0.2, -0.15) is 5.10 Å². The number of nitrogens with one attached hydrogen (secondary N) is 2.